The summed E-state index contributed by atoms with van der Waals surface area (Å²) >= 11 is 0. The maximum Gasteiger partial charge on any atom is 0.246 e. The van der Waals surface area contributed by atoms with Crippen molar-refractivity contribution in [3.63, 3.8) is 0 Å². The quantitative estimate of drug-likeness (QED) is 0.526. The summed E-state index contributed by atoms with van der Waals surface area (Å²) in [6, 6.07) is 14.9. The fourth-order valence-corrected chi connectivity index (χ4v) is 5.51. The molecule has 1 aliphatic rings. The van der Waals surface area contributed by atoms with Crippen molar-refractivity contribution in [2.75, 3.05) is 44.8 Å². The summed E-state index contributed by atoms with van der Waals surface area (Å²) in [5.41, 5.74) is 2.65. The molecule has 0 atom stereocenters. The molecule has 9 heteroatoms. The van der Waals surface area contributed by atoms with Crippen molar-refractivity contribution in [2.45, 2.75) is 18.7 Å². The molecule has 0 bridgehead atoms. The van der Waals surface area contributed by atoms with E-state index < -0.39 is 10.0 Å². The monoisotopic (exact) mass is 468 g/mol. The van der Waals surface area contributed by atoms with E-state index in [1.807, 2.05) is 50.2 Å². The van der Waals surface area contributed by atoms with Crippen molar-refractivity contribution in [3.8, 4) is 22.8 Å². The van der Waals surface area contributed by atoms with Crippen LogP contribution in [0.25, 0.3) is 11.3 Å². The highest BCUT2D eigenvalue weighted by Gasteiger charge is 2.31. The summed E-state index contributed by atoms with van der Waals surface area (Å²) < 4.78 is 38.8. The molecule has 1 fully saturated rings. The van der Waals surface area contributed by atoms with Gasteiger partial charge in [0.15, 0.2) is 0 Å². The van der Waals surface area contributed by atoms with Crippen molar-refractivity contribution in [1.29, 1.82) is 0 Å². The lowest BCUT2D eigenvalue weighted by Gasteiger charge is -2.35. The molecule has 0 unspecified atom stereocenters. The molecular formula is C24H28N4O4S. The van der Waals surface area contributed by atoms with Gasteiger partial charge in [0.2, 0.25) is 10.0 Å². The highest BCUT2D eigenvalue weighted by Crippen LogP contribution is 2.29. The molecule has 0 radical (unpaired) electrons. The summed E-state index contributed by atoms with van der Waals surface area (Å²) in [6.07, 6.45) is 1.54. The number of rotatable bonds is 7. The maximum atomic E-state index is 13.3. The average Bonchev–Trinajstić information content (AvgIpc) is 2.85. The van der Waals surface area contributed by atoms with Gasteiger partial charge in [-0.1, -0.05) is 6.07 Å². The Morgan fingerprint density at radius 2 is 1.70 bits per heavy atom. The molecule has 2 aromatic carbocycles. The van der Waals surface area contributed by atoms with Crippen LogP contribution in [0.4, 0.5) is 5.82 Å². The maximum absolute atomic E-state index is 13.3. The van der Waals surface area contributed by atoms with Crippen LogP contribution < -0.4 is 14.4 Å². The Bertz CT molecular complexity index is 1210. The third kappa shape index (κ3) is 4.94. The van der Waals surface area contributed by atoms with E-state index in [0.29, 0.717) is 38.5 Å². The molecule has 1 saturated heterocycles. The van der Waals surface area contributed by atoms with Crippen LogP contribution in [-0.4, -0.2) is 62.6 Å². The zero-order valence-electron chi connectivity index (χ0n) is 19.1. The molecule has 0 aliphatic carbocycles. The van der Waals surface area contributed by atoms with Crippen LogP contribution in [0.1, 0.15) is 12.5 Å². The molecule has 8 nitrogen and oxygen atoms in total. The molecule has 4 rings (SSSR count). The van der Waals surface area contributed by atoms with Crippen LogP contribution in [0.15, 0.2) is 59.8 Å². The second kappa shape index (κ2) is 9.76. The normalized spacial score (nSPS) is 14.8. The minimum Gasteiger partial charge on any atom is -0.495 e. The summed E-state index contributed by atoms with van der Waals surface area (Å²) in [5.74, 6) is 1.95. The smallest absolute Gasteiger partial charge is 0.246 e. The van der Waals surface area contributed by atoms with Gasteiger partial charge in [-0.25, -0.2) is 18.4 Å². The van der Waals surface area contributed by atoms with Gasteiger partial charge in [0.1, 0.15) is 28.5 Å². The van der Waals surface area contributed by atoms with Gasteiger partial charge in [-0.3, -0.25) is 0 Å². The number of nitrogens with zero attached hydrogens (tertiary/aromatic N) is 4. The minimum atomic E-state index is -3.66. The summed E-state index contributed by atoms with van der Waals surface area (Å²) in [5, 5.41) is 0. The fourth-order valence-electron chi connectivity index (χ4n) is 3.85. The van der Waals surface area contributed by atoms with E-state index in [9.17, 15) is 8.42 Å². The first-order chi connectivity index (χ1) is 15.9. The number of hydrogen-bond donors (Lipinski definition) is 0. The zero-order chi connectivity index (χ0) is 23.4. The van der Waals surface area contributed by atoms with Crippen LogP contribution in [-0.2, 0) is 10.0 Å². The lowest BCUT2D eigenvalue weighted by molar-refractivity contribution is 0.340. The van der Waals surface area contributed by atoms with Crippen molar-refractivity contribution in [2.24, 2.45) is 0 Å². The molecule has 0 saturated carbocycles. The number of aryl methyl sites for hydroxylation is 1. The van der Waals surface area contributed by atoms with Crippen LogP contribution in [0.2, 0.25) is 0 Å². The van der Waals surface area contributed by atoms with E-state index in [1.165, 1.54) is 11.4 Å². The van der Waals surface area contributed by atoms with Crippen molar-refractivity contribution < 1.29 is 17.9 Å². The van der Waals surface area contributed by atoms with Crippen molar-refractivity contribution in [3.05, 3.63) is 60.4 Å². The number of piperazine rings is 1. The van der Waals surface area contributed by atoms with Crippen LogP contribution in [0, 0.1) is 6.92 Å². The van der Waals surface area contributed by atoms with E-state index >= 15 is 0 Å². The molecule has 1 aliphatic heterocycles. The predicted molar refractivity (Wildman–Crippen MR) is 127 cm³/mol. The standard InChI is InChI=1S/C24H28N4O4S/c1-4-32-20-8-6-19(7-9-20)21-16-24(26-17-25-21)27-11-13-28(14-12-27)33(29,30)23-15-18(2)5-10-22(23)31-3/h5-10,15-17H,4,11-14H2,1-3H3. The van der Waals surface area contributed by atoms with E-state index in [-0.39, 0.29) is 4.90 Å². The largest absolute Gasteiger partial charge is 0.495 e. The van der Waals surface area contributed by atoms with Gasteiger partial charge in [-0.2, -0.15) is 4.31 Å². The molecule has 33 heavy (non-hydrogen) atoms. The third-order valence-electron chi connectivity index (χ3n) is 5.61. The lowest BCUT2D eigenvalue weighted by atomic mass is 10.1. The van der Waals surface area contributed by atoms with Gasteiger partial charge in [0.25, 0.3) is 0 Å². The number of sulfonamides is 1. The summed E-state index contributed by atoms with van der Waals surface area (Å²) in [6.45, 7) is 6.24. The van der Waals surface area contributed by atoms with E-state index in [1.54, 1.807) is 18.5 Å². The summed E-state index contributed by atoms with van der Waals surface area (Å²) in [4.78, 5) is 11.1. The third-order valence-corrected chi connectivity index (χ3v) is 7.53. The molecule has 0 amide bonds. The Labute approximate surface area is 194 Å². The van der Waals surface area contributed by atoms with Gasteiger partial charge in [0.05, 0.1) is 19.4 Å². The molecule has 1 aromatic heterocycles. The van der Waals surface area contributed by atoms with Crippen LogP contribution in [0.5, 0.6) is 11.5 Å². The Hall–Kier alpha value is -3.17. The number of methoxy groups -OCH3 is 1. The van der Waals surface area contributed by atoms with Crippen LogP contribution in [0.3, 0.4) is 0 Å². The van der Waals surface area contributed by atoms with E-state index in [2.05, 4.69) is 14.9 Å². The number of anilines is 1. The zero-order valence-corrected chi connectivity index (χ0v) is 19.9. The minimum absolute atomic E-state index is 0.207. The van der Waals surface area contributed by atoms with Crippen molar-refractivity contribution in [1.82, 2.24) is 14.3 Å². The second-order valence-corrected chi connectivity index (χ2v) is 9.67. The topological polar surface area (TPSA) is 84.9 Å². The number of benzene rings is 2. The van der Waals surface area contributed by atoms with E-state index in [4.69, 9.17) is 9.47 Å². The van der Waals surface area contributed by atoms with Gasteiger partial charge in [-0.05, 0) is 55.8 Å². The molecule has 0 spiro atoms. The van der Waals surface area contributed by atoms with Gasteiger partial charge < -0.3 is 14.4 Å². The second-order valence-electron chi connectivity index (χ2n) is 7.76. The first-order valence-corrected chi connectivity index (χ1v) is 12.3. The average molecular weight is 469 g/mol. The van der Waals surface area contributed by atoms with Gasteiger partial charge >= 0.3 is 0 Å². The molecule has 0 N–H and O–H groups in total. The van der Waals surface area contributed by atoms with Gasteiger partial charge in [-0.15, -0.1) is 0 Å². The molecular weight excluding hydrogens is 440 g/mol. The van der Waals surface area contributed by atoms with E-state index in [0.717, 1.165) is 28.4 Å². The molecule has 2 heterocycles. The SMILES string of the molecule is CCOc1ccc(-c2cc(N3CCN(S(=O)(=O)c4cc(C)ccc4OC)CC3)ncn2)cc1. The first-order valence-electron chi connectivity index (χ1n) is 10.9. The van der Waals surface area contributed by atoms with Crippen molar-refractivity contribution >= 4 is 15.8 Å². The number of ether oxygens (including phenoxy) is 2. The summed E-state index contributed by atoms with van der Waals surface area (Å²) in [7, 11) is -2.17. The Balaban J connectivity index is 1.48. The first kappa shape index (κ1) is 23.0. The Kier molecular flexibility index (Phi) is 6.80. The Morgan fingerprint density at radius 3 is 2.36 bits per heavy atom. The van der Waals surface area contributed by atoms with Crippen LogP contribution >= 0.6 is 0 Å². The molecule has 174 valence electrons. The molecule has 3 aromatic rings. The predicted octanol–water partition coefficient (Wildman–Crippen LogP) is 3.37. The number of hydrogen-bond acceptors (Lipinski definition) is 7. The highest BCUT2D eigenvalue weighted by atomic mass is 32.2. The lowest BCUT2D eigenvalue weighted by Crippen LogP contribution is -2.49. The fraction of sp³-hybridized carbons (Fsp3) is 0.333. The Morgan fingerprint density at radius 1 is 0.970 bits per heavy atom. The number of aromatic nitrogens is 2. The van der Waals surface area contributed by atoms with Gasteiger partial charge in [0, 0.05) is 37.8 Å². The highest BCUT2D eigenvalue weighted by molar-refractivity contribution is 7.89.